The molecule has 1 fully saturated rings. The third-order valence-electron chi connectivity index (χ3n) is 3.61. The van der Waals surface area contributed by atoms with Gasteiger partial charge in [-0.05, 0) is 19.4 Å². The van der Waals surface area contributed by atoms with Gasteiger partial charge in [-0.1, -0.05) is 30.3 Å². The van der Waals surface area contributed by atoms with Gasteiger partial charge in [0.1, 0.15) is 0 Å². The lowest BCUT2D eigenvalue weighted by Crippen LogP contribution is -2.57. The Balaban J connectivity index is 0.00000200. The van der Waals surface area contributed by atoms with Crippen LogP contribution in [0.3, 0.4) is 0 Å². The molecule has 1 amide bonds. The summed E-state index contributed by atoms with van der Waals surface area (Å²) < 4.78 is 5.42. The van der Waals surface area contributed by atoms with Crippen molar-refractivity contribution < 1.29 is 9.53 Å². The fourth-order valence-corrected chi connectivity index (χ4v) is 2.49. The summed E-state index contributed by atoms with van der Waals surface area (Å²) in [7, 11) is 1.59. The summed E-state index contributed by atoms with van der Waals surface area (Å²) in [6, 6.07) is 10.2. The molecule has 0 saturated carbocycles. The third-order valence-corrected chi connectivity index (χ3v) is 3.61. The number of halogens is 1. The summed E-state index contributed by atoms with van der Waals surface area (Å²) in [6.45, 7) is 5.72. The van der Waals surface area contributed by atoms with Crippen LogP contribution in [0.4, 0.5) is 0 Å². The van der Waals surface area contributed by atoms with E-state index in [1.54, 1.807) is 7.11 Å². The summed E-state index contributed by atoms with van der Waals surface area (Å²) in [4.78, 5) is 14.6. The van der Waals surface area contributed by atoms with Crippen LogP contribution in [0.5, 0.6) is 0 Å². The predicted octanol–water partition coefficient (Wildman–Crippen LogP) is 2.00. The fraction of sp³-hybridized carbons (Fsp3) is 0.533. The van der Waals surface area contributed by atoms with Gasteiger partial charge in [0.05, 0.1) is 0 Å². The summed E-state index contributed by atoms with van der Waals surface area (Å²) in [5.41, 5.74) is 0.911. The van der Waals surface area contributed by atoms with Gasteiger partial charge in [0.25, 0.3) is 5.91 Å². The molecule has 0 radical (unpaired) electrons. The van der Waals surface area contributed by atoms with Crippen molar-refractivity contribution in [3.8, 4) is 0 Å². The zero-order valence-electron chi connectivity index (χ0n) is 12.2. The number of methoxy groups -OCH3 is 1. The van der Waals surface area contributed by atoms with Crippen LogP contribution in [0.25, 0.3) is 0 Å². The molecule has 5 heteroatoms. The van der Waals surface area contributed by atoms with Gasteiger partial charge in [-0.3, -0.25) is 4.79 Å². The number of benzene rings is 1. The molecular weight excluding hydrogens is 276 g/mol. The molecule has 0 bridgehead atoms. The Labute approximate surface area is 126 Å². The maximum Gasteiger partial charge on any atom is 0.256 e. The number of hydrogen-bond acceptors (Lipinski definition) is 3. The molecule has 0 aromatic heterocycles. The van der Waals surface area contributed by atoms with Crippen LogP contribution >= 0.6 is 12.4 Å². The smallest absolute Gasteiger partial charge is 0.256 e. The lowest BCUT2D eigenvalue weighted by molar-refractivity contribution is -0.146. The van der Waals surface area contributed by atoms with Gasteiger partial charge in [-0.2, -0.15) is 0 Å². The first-order chi connectivity index (χ1) is 9.13. The first-order valence-electron chi connectivity index (χ1n) is 6.75. The largest absolute Gasteiger partial charge is 0.367 e. The van der Waals surface area contributed by atoms with Crippen LogP contribution in [0.2, 0.25) is 0 Å². The van der Waals surface area contributed by atoms with Crippen molar-refractivity contribution in [2.75, 3.05) is 20.2 Å². The first-order valence-corrected chi connectivity index (χ1v) is 6.75. The van der Waals surface area contributed by atoms with Gasteiger partial charge in [-0.25, -0.2) is 0 Å². The van der Waals surface area contributed by atoms with Crippen LogP contribution < -0.4 is 5.32 Å². The van der Waals surface area contributed by atoms with E-state index in [-0.39, 0.29) is 24.4 Å². The van der Waals surface area contributed by atoms with Crippen molar-refractivity contribution in [1.29, 1.82) is 0 Å². The van der Waals surface area contributed by atoms with Gasteiger partial charge in [0, 0.05) is 32.3 Å². The molecule has 1 N–H and O–H groups in total. The van der Waals surface area contributed by atoms with Crippen LogP contribution in [-0.2, 0) is 9.53 Å². The number of carbonyl (C=O) groups excluding carboxylic acids is 1. The summed E-state index contributed by atoms with van der Waals surface area (Å²) in [6.07, 6.45) is -0.506. The maximum atomic E-state index is 12.7. The van der Waals surface area contributed by atoms with E-state index in [0.717, 1.165) is 18.7 Å². The average Bonchev–Trinajstić information content (AvgIpc) is 2.43. The lowest BCUT2D eigenvalue weighted by Gasteiger charge is -2.39. The highest BCUT2D eigenvalue weighted by molar-refractivity contribution is 5.85. The first kappa shape index (κ1) is 17.0. The highest BCUT2D eigenvalue weighted by atomic mass is 35.5. The highest BCUT2D eigenvalue weighted by Crippen LogP contribution is 2.21. The van der Waals surface area contributed by atoms with Crippen LogP contribution in [-0.4, -0.2) is 43.1 Å². The van der Waals surface area contributed by atoms with E-state index in [0.29, 0.717) is 6.04 Å². The standard InChI is InChI=1S/C15H22N2O2.ClH/c1-11-10-17(12(2)9-16-11)15(18)14(19-3)13-7-5-4-6-8-13;/h4-8,11-12,14,16H,9-10H2,1-3H3;1H. The molecule has 112 valence electrons. The SMILES string of the molecule is COC(C(=O)N1CC(C)NCC1C)c1ccccc1.Cl. The van der Waals surface area contributed by atoms with Gasteiger partial charge < -0.3 is 15.0 Å². The number of ether oxygens (including phenoxy) is 1. The maximum absolute atomic E-state index is 12.7. The Bertz CT molecular complexity index is 427. The summed E-state index contributed by atoms with van der Waals surface area (Å²) in [5, 5.41) is 3.38. The average molecular weight is 299 g/mol. The Morgan fingerprint density at radius 2 is 2.00 bits per heavy atom. The topological polar surface area (TPSA) is 41.6 Å². The zero-order chi connectivity index (χ0) is 13.8. The second kappa shape index (κ2) is 7.62. The molecule has 1 saturated heterocycles. The minimum absolute atomic E-state index is 0. The van der Waals surface area contributed by atoms with Crippen molar-refractivity contribution in [3.05, 3.63) is 35.9 Å². The van der Waals surface area contributed by atoms with Crippen molar-refractivity contribution in [2.24, 2.45) is 0 Å². The quantitative estimate of drug-likeness (QED) is 0.928. The van der Waals surface area contributed by atoms with Gasteiger partial charge in [-0.15, -0.1) is 12.4 Å². The monoisotopic (exact) mass is 298 g/mol. The van der Waals surface area contributed by atoms with E-state index in [2.05, 4.69) is 19.2 Å². The molecule has 1 heterocycles. The lowest BCUT2D eigenvalue weighted by atomic mass is 10.1. The predicted molar refractivity (Wildman–Crippen MR) is 82.1 cm³/mol. The van der Waals surface area contributed by atoms with Gasteiger partial charge in [0.2, 0.25) is 0 Å². The van der Waals surface area contributed by atoms with E-state index in [9.17, 15) is 4.79 Å². The molecular formula is C15H23ClN2O2. The molecule has 3 unspecified atom stereocenters. The summed E-state index contributed by atoms with van der Waals surface area (Å²) in [5.74, 6) is 0.0505. The zero-order valence-corrected chi connectivity index (χ0v) is 13.0. The van der Waals surface area contributed by atoms with E-state index in [1.165, 1.54) is 0 Å². The number of nitrogens with one attached hydrogen (secondary N) is 1. The minimum atomic E-state index is -0.506. The molecule has 3 atom stereocenters. The van der Waals surface area contributed by atoms with E-state index < -0.39 is 6.10 Å². The third kappa shape index (κ3) is 3.72. The van der Waals surface area contributed by atoms with Crippen molar-refractivity contribution in [2.45, 2.75) is 32.0 Å². The number of carbonyl (C=O) groups is 1. The Hall–Kier alpha value is -1.10. The van der Waals surface area contributed by atoms with Crippen LogP contribution in [0.15, 0.2) is 30.3 Å². The Kier molecular flexibility index (Phi) is 6.46. The number of hydrogen-bond donors (Lipinski definition) is 1. The fourth-order valence-electron chi connectivity index (χ4n) is 2.49. The van der Waals surface area contributed by atoms with Crippen LogP contribution in [0, 0.1) is 0 Å². The van der Waals surface area contributed by atoms with Crippen molar-refractivity contribution >= 4 is 18.3 Å². The molecule has 0 aliphatic carbocycles. The number of nitrogens with zero attached hydrogens (tertiary/aromatic N) is 1. The molecule has 1 aromatic rings. The Morgan fingerprint density at radius 3 is 2.60 bits per heavy atom. The van der Waals surface area contributed by atoms with Crippen molar-refractivity contribution in [3.63, 3.8) is 0 Å². The van der Waals surface area contributed by atoms with Gasteiger partial charge in [0.15, 0.2) is 6.10 Å². The van der Waals surface area contributed by atoms with Crippen LogP contribution in [0.1, 0.15) is 25.5 Å². The molecule has 1 aliphatic rings. The van der Waals surface area contributed by atoms with E-state index >= 15 is 0 Å². The highest BCUT2D eigenvalue weighted by Gasteiger charge is 2.32. The van der Waals surface area contributed by atoms with Crippen molar-refractivity contribution in [1.82, 2.24) is 10.2 Å². The number of piperazine rings is 1. The number of rotatable bonds is 3. The molecule has 20 heavy (non-hydrogen) atoms. The number of amides is 1. The molecule has 1 aromatic carbocycles. The van der Waals surface area contributed by atoms with E-state index in [4.69, 9.17) is 4.74 Å². The van der Waals surface area contributed by atoms with Gasteiger partial charge >= 0.3 is 0 Å². The molecule has 1 aliphatic heterocycles. The molecule has 2 rings (SSSR count). The second-order valence-electron chi connectivity index (χ2n) is 5.18. The Morgan fingerprint density at radius 1 is 1.35 bits per heavy atom. The normalized spacial score (nSPS) is 23.9. The molecule has 0 spiro atoms. The second-order valence-corrected chi connectivity index (χ2v) is 5.18. The molecule has 4 nitrogen and oxygen atoms in total. The van der Waals surface area contributed by atoms with E-state index in [1.807, 2.05) is 35.2 Å². The minimum Gasteiger partial charge on any atom is -0.367 e. The summed E-state index contributed by atoms with van der Waals surface area (Å²) >= 11 is 0.